The van der Waals surface area contributed by atoms with E-state index in [1.54, 1.807) is 6.92 Å². The fourth-order valence-electron chi connectivity index (χ4n) is 0.451. The van der Waals surface area contributed by atoms with Gasteiger partial charge in [0.25, 0.3) is 0 Å². The molecule has 0 rings (SSSR count). The van der Waals surface area contributed by atoms with Crippen LogP contribution < -0.4 is 12.4 Å². The monoisotopic (exact) mass is 241 g/mol. The van der Waals surface area contributed by atoms with Crippen LogP contribution >= 0.6 is 11.6 Å². The standard InChI is InChI=1S/C9H17ClNO2.ClH/c1-7(6-10)9(12)13-8(2)11(3,4)5;/h6,8H,1-5H3;1H/q+1;/p-1/b7-6+;. The molecule has 0 aromatic heterocycles. The Balaban J connectivity index is 0. The second-order valence-corrected chi connectivity index (χ2v) is 4.13. The Kier molecular flexibility index (Phi) is 7.26. The quantitative estimate of drug-likeness (QED) is 0.267. The molecule has 14 heavy (non-hydrogen) atoms. The van der Waals surface area contributed by atoms with Crippen LogP contribution in [-0.4, -0.2) is 37.8 Å². The number of nitrogens with zero attached hydrogens (tertiary/aromatic N) is 1. The van der Waals surface area contributed by atoms with Crippen molar-refractivity contribution in [3.05, 3.63) is 11.1 Å². The SMILES string of the molecule is C/C(=C\Cl)C(=O)OC(C)[N+](C)(C)C.[Cl-]. The van der Waals surface area contributed by atoms with E-state index in [1.807, 2.05) is 28.1 Å². The highest BCUT2D eigenvalue weighted by Crippen LogP contribution is 2.07. The summed E-state index contributed by atoms with van der Waals surface area (Å²) in [5, 5.41) is 0. The molecular formula is C9H17Cl2NO2. The van der Waals surface area contributed by atoms with E-state index in [9.17, 15) is 4.79 Å². The van der Waals surface area contributed by atoms with E-state index in [0.717, 1.165) is 0 Å². The molecular weight excluding hydrogens is 225 g/mol. The third kappa shape index (κ3) is 5.47. The number of esters is 1. The molecule has 0 fully saturated rings. The topological polar surface area (TPSA) is 26.3 Å². The number of carbonyl (C=O) groups excluding carboxylic acids is 1. The number of carbonyl (C=O) groups is 1. The van der Waals surface area contributed by atoms with Crippen LogP contribution in [-0.2, 0) is 9.53 Å². The first-order chi connectivity index (χ1) is 5.79. The van der Waals surface area contributed by atoms with Crippen LogP contribution in [0.25, 0.3) is 0 Å². The zero-order valence-corrected chi connectivity index (χ0v) is 10.7. The molecule has 0 aromatic rings. The maximum absolute atomic E-state index is 11.2. The highest BCUT2D eigenvalue weighted by Gasteiger charge is 2.22. The second kappa shape index (κ2) is 6.27. The number of hydrogen-bond donors (Lipinski definition) is 0. The molecule has 1 atom stereocenters. The van der Waals surface area contributed by atoms with Crippen LogP contribution in [0, 0.1) is 0 Å². The molecule has 3 nitrogen and oxygen atoms in total. The van der Waals surface area contributed by atoms with Gasteiger partial charge >= 0.3 is 5.97 Å². The molecule has 0 amide bonds. The van der Waals surface area contributed by atoms with Crippen molar-refractivity contribution in [3.63, 3.8) is 0 Å². The average molecular weight is 242 g/mol. The Labute approximate surface area is 96.7 Å². The molecule has 0 saturated heterocycles. The zero-order valence-electron chi connectivity index (χ0n) is 9.17. The minimum Gasteiger partial charge on any atom is -1.00 e. The van der Waals surface area contributed by atoms with Gasteiger partial charge in [0.05, 0.1) is 21.1 Å². The molecule has 0 aliphatic heterocycles. The summed E-state index contributed by atoms with van der Waals surface area (Å²) in [6.45, 7) is 3.47. The third-order valence-electron chi connectivity index (χ3n) is 1.85. The molecule has 0 spiro atoms. The van der Waals surface area contributed by atoms with Crippen LogP contribution in [0.3, 0.4) is 0 Å². The van der Waals surface area contributed by atoms with Gasteiger partial charge in [-0.15, -0.1) is 0 Å². The van der Waals surface area contributed by atoms with Crippen LogP contribution in [0.5, 0.6) is 0 Å². The van der Waals surface area contributed by atoms with Crippen LogP contribution in [0.2, 0.25) is 0 Å². The van der Waals surface area contributed by atoms with Gasteiger partial charge in [-0.25, -0.2) is 4.79 Å². The summed E-state index contributed by atoms with van der Waals surface area (Å²) < 4.78 is 5.72. The van der Waals surface area contributed by atoms with Gasteiger partial charge in [-0.05, 0) is 6.92 Å². The number of ether oxygens (including phenoxy) is 1. The fraction of sp³-hybridized carbons (Fsp3) is 0.667. The number of hydrogen-bond acceptors (Lipinski definition) is 2. The molecule has 0 bridgehead atoms. The summed E-state index contributed by atoms with van der Waals surface area (Å²) in [5.74, 6) is -0.365. The minimum atomic E-state index is -0.365. The van der Waals surface area contributed by atoms with E-state index in [2.05, 4.69) is 0 Å². The summed E-state index contributed by atoms with van der Waals surface area (Å²) >= 11 is 5.38. The van der Waals surface area contributed by atoms with Crippen LogP contribution in [0.1, 0.15) is 13.8 Å². The smallest absolute Gasteiger partial charge is 0.339 e. The van der Waals surface area contributed by atoms with Crippen molar-refractivity contribution in [2.75, 3.05) is 21.1 Å². The van der Waals surface area contributed by atoms with Gasteiger partial charge in [-0.2, -0.15) is 0 Å². The van der Waals surface area contributed by atoms with Crippen LogP contribution in [0.15, 0.2) is 11.1 Å². The van der Waals surface area contributed by atoms with Crippen molar-refractivity contribution in [1.29, 1.82) is 0 Å². The normalized spacial score (nSPS) is 14.3. The molecule has 0 saturated carbocycles. The Morgan fingerprint density at radius 1 is 1.43 bits per heavy atom. The summed E-state index contributed by atoms with van der Waals surface area (Å²) in [5.41, 5.74) is 1.65. The highest BCUT2D eigenvalue weighted by atomic mass is 35.5. The first-order valence-corrected chi connectivity index (χ1v) is 4.51. The Hall–Kier alpha value is -0.250. The molecule has 0 N–H and O–H groups in total. The Morgan fingerprint density at radius 2 is 1.86 bits per heavy atom. The van der Waals surface area contributed by atoms with E-state index in [-0.39, 0.29) is 24.6 Å². The molecule has 84 valence electrons. The molecule has 1 unspecified atom stereocenters. The van der Waals surface area contributed by atoms with Gasteiger partial charge in [0, 0.05) is 18.0 Å². The lowest BCUT2D eigenvalue weighted by Crippen LogP contribution is -3.00. The lowest BCUT2D eigenvalue weighted by atomic mass is 10.3. The van der Waals surface area contributed by atoms with Crippen molar-refractivity contribution in [3.8, 4) is 0 Å². The predicted molar refractivity (Wildman–Crippen MR) is 53.2 cm³/mol. The van der Waals surface area contributed by atoms with Crippen molar-refractivity contribution >= 4 is 17.6 Å². The van der Waals surface area contributed by atoms with Crippen molar-refractivity contribution in [2.45, 2.75) is 20.1 Å². The summed E-state index contributed by atoms with van der Waals surface area (Å²) in [7, 11) is 5.87. The Bertz CT molecular complexity index is 221. The summed E-state index contributed by atoms with van der Waals surface area (Å²) in [4.78, 5) is 11.2. The van der Waals surface area contributed by atoms with Crippen molar-refractivity contribution in [2.24, 2.45) is 0 Å². The first-order valence-electron chi connectivity index (χ1n) is 4.08. The number of rotatable bonds is 3. The van der Waals surface area contributed by atoms with Gasteiger partial charge in [-0.3, -0.25) is 4.48 Å². The molecule has 0 aliphatic carbocycles. The predicted octanol–water partition coefficient (Wildman–Crippen LogP) is -1.27. The van der Waals surface area contributed by atoms with E-state index >= 15 is 0 Å². The average Bonchev–Trinajstić information content (AvgIpc) is 2.01. The van der Waals surface area contributed by atoms with Gasteiger partial charge in [0.2, 0.25) is 6.23 Å². The van der Waals surface area contributed by atoms with Gasteiger partial charge in [0.1, 0.15) is 0 Å². The van der Waals surface area contributed by atoms with E-state index < -0.39 is 0 Å². The van der Waals surface area contributed by atoms with Crippen molar-refractivity contribution in [1.82, 2.24) is 0 Å². The summed E-state index contributed by atoms with van der Waals surface area (Å²) in [6, 6.07) is 0. The fourth-order valence-corrected chi connectivity index (χ4v) is 0.540. The maximum atomic E-state index is 11.2. The molecule has 0 aromatic carbocycles. The van der Waals surface area contributed by atoms with E-state index in [1.165, 1.54) is 5.54 Å². The third-order valence-corrected chi connectivity index (χ3v) is 2.18. The molecule has 0 heterocycles. The lowest BCUT2D eigenvalue weighted by Gasteiger charge is -2.30. The molecule has 0 radical (unpaired) electrons. The minimum absolute atomic E-state index is 0. The largest absolute Gasteiger partial charge is 1.00 e. The van der Waals surface area contributed by atoms with Crippen molar-refractivity contribution < 1.29 is 26.4 Å². The van der Waals surface area contributed by atoms with Gasteiger partial charge in [-0.1, -0.05) is 11.6 Å². The highest BCUT2D eigenvalue weighted by molar-refractivity contribution is 6.27. The van der Waals surface area contributed by atoms with E-state index in [4.69, 9.17) is 16.3 Å². The lowest BCUT2D eigenvalue weighted by molar-refractivity contribution is -0.914. The Morgan fingerprint density at radius 3 is 2.14 bits per heavy atom. The second-order valence-electron chi connectivity index (χ2n) is 3.91. The number of halogens is 2. The maximum Gasteiger partial charge on any atom is 0.339 e. The van der Waals surface area contributed by atoms with E-state index in [0.29, 0.717) is 10.1 Å². The van der Waals surface area contributed by atoms with Gasteiger partial charge < -0.3 is 17.1 Å². The number of quaternary nitrogens is 1. The van der Waals surface area contributed by atoms with Gasteiger partial charge in [0.15, 0.2) is 0 Å². The summed E-state index contributed by atoms with van der Waals surface area (Å²) in [6.07, 6.45) is -0.181. The molecule has 5 heteroatoms. The molecule has 0 aliphatic rings. The first kappa shape index (κ1) is 16.2. The zero-order chi connectivity index (χ0) is 10.6. The van der Waals surface area contributed by atoms with Crippen LogP contribution in [0.4, 0.5) is 0 Å².